The van der Waals surface area contributed by atoms with Gasteiger partial charge in [0, 0.05) is 4.32 Å². The van der Waals surface area contributed by atoms with Crippen molar-refractivity contribution in [3.63, 3.8) is 0 Å². The Morgan fingerprint density at radius 1 is 1.23 bits per heavy atom. The molecule has 4 aliphatic rings. The van der Waals surface area contributed by atoms with Gasteiger partial charge in [0.25, 0.3) is 5.91 Å². The zero-order valence-electron chi connectivity index (χ0n) is 12.6. The third kappa shape index (κ3) is 2.75. The second-order valence-electron chi connectivity index (χ2n) is 7.29. The van der Waals surface area contributed by atoms with Gasteiger partial charge in [-0.05, 0) is 57.3 Å². The van der Waals surface area contributed by atoms with Crippen molar-refractivity contribution in [1.82, 2.24) is 5.32 Å². The van der Waals surface area contributed by atoms with Gasteiger partial charge in [0.15, 0.2) is 6.10 Å². The average Bonchev–Trinajstić information content (AvgIpc) is 2.34. The van der Waals surface area contributed by atoms with Crippen molar-refractivity contribution in [2.24, 2.45) is 23.0 Å². The van der Waals surface area contributed by atoms with Gasteiger partial charge >= 0.3 is 12.0 Å². The number of hydrogen-bond acceptors (Lipinski definition) is 4. The van der Waals surface area contributed by atoms with Crippen molar-refractivity contribution in [2.75, 3.05) is 0 Å². The SMILES string of the molecule is C[C@H](OC(=O)C12C[C@@H]3C[C@@H](CC(Br)(C3)C1)C2)C(=O)NC(N)=O. The summed E-state index contributed by atoms with van der Waals surface area (Å²) in [6, 6.07) is -0.942. The Labute approximate surface area is 137 Å². The Morgan fingerprint density at radius 3 is 2.32 bits per heavy atom. The molecular weight excluding hydrogens is 352 g/mol. The predicted molar refractivity (Wildman–Crippen MR) is 82.1 cm³/mol. The normalized spacial score (nSPS) is 40.1. The second kappa shape index (κ2) is 5.22. The smallest absolute Gasteiger partial charge is 0.318 e. The Hall–Kier alpha value is -1.11. The molecule has 0 aromatic heterocycles. The van der Waals surface area contributed by atoms with Gasteiger partial charge in [0.1, 0.15) is 0 Å². The molecule has 0 saturated heterocycles. The van der Waals surface area contributed by atoms with Gasteiger partial charge < -0.3 is 10.5 Å². The van der Waals surface area contributed by atoms with Gasteiger partial charge in [0.2, 0.25) is 0 Å². The van der Waals surface area contributed by atoms with Crippen LogP contribution in [-0.2, 0) is 14.3 Å². The molecule has 3 N–H and O–H groups in total. The van der Waals surface area contributed by atoms with Crippen LogP contribution >= 0.6 is 15.9 Å². The van der Waals surface area contributed by atoms with Crippen molar-refractivity contribution < 1.29 is 19.1 Å². The van der Waals surface area contributed by atoms with E-state index in [1.165, 1.54) is 13.3 Å². The number of ether oxygens (including phenoxy) is 1. The monoisotopic (exact) mass is 372 g/mol. The van der Waals surface area contributed by atoms with Crippen molar-refractivity contribution in [2.45, 2.75) is 55.9 Å². The molecule has 122 valence electrons. The number of esters is 1. The number of primary amides is 1. The van der Waals surface area contributed by atoms with E-state index in [1.807, 2.05) is 5.32 Å². The maximum atomic E-state index is 12.7. The molecule has 4 rings (SSSR count). The molecule has 0 radical (unpaired) electrons. The number of urea groups is 1. The molecule has 0 aromatic carbocycles. The summed E-state index contributed by atoms with van der Waals surface area (Å²) in [5.74, 6) is 0.127. The molecule has 0 aromatic rings. The van der Waals surface area contributed by atoms with Gasteiger partial charge in [-0.2, -0.15) is 0 Å². The molecule has 4 aliphatic carbocycles. The van der Waals surface area contributed by atoms with Crippen LogP contribution in [0, 0.1) is 17.3 Å². The van der Waals surface area contributed by atoms with E-state index in [9.17, 15) is 14.4 Å². The van der Waals surface area contributed by atoms with Crippen LogP contribution in [0.1, 0.15) is 45.4 Å². The van der Waals surface area contributed by atoms with E-state index in [1.54, 1.807) is 0 Å². The quantitative estimate of drug-likeness (QED) is 0.583. The molecule has 4 bridgehead atoms. The number of amides is 3. The first kappa shape index (κ1) is 15.8. The number of carbonyl (C=O) groups excluding carboxylic acids is 3. The standard InChI is InChI=1S/C15H21BrN2O4/c1-8(11(19)18-13(17)21)22-12(20)14-3-9-2-10(4-14)6-15(16,5-9)7-14/h8-10H,2-7H2,1H3,(H3,17,18,19,21)/t8-,9-,10+,14?,15?/m0/s1. The van der Waals surface area contributed by atoms with E-state index < -0.39 is 23.5 Å². The highest BCUT2D eigenvalue weighted by Gasteiger charge is 2.60. The molecule has 6 nitrogen and oxygen atoms in total. The highest BCUT2D eigenvalue weighted by atomic mass is 79.9. The highest BCUT2D eigenvalue weighted by Crippen LogP contribution is 2.64. The highest BCUT2D eigenvalue weighted by molar-refractivity contribution is 9.10. The van der Waals surface area contributed by atoms with Gasteiger partial charge in [-0.1, -0.05) is 15.9 Å². The lowest BCUT2D eigenvalue weighted by atomic mass is 9.49. The largest absolute Gasteiger partial charge is 0.452 e. The van der Waals surface area contributed by atoms with Crippen LogP contribution in [0.3, 0.4) is 0 Å². The number of imide groups is 1. The minimum absolute atomic E-state index is 0.0504. The van der Waals surface area contributed by atoms with Gasteiger partial charge in [0.05, 0.1) is 5.41 Å². The summed E-state index contributed by atoms with van der Waals surface area (Å²) in [5, 5.41) is 1.94. The number of carbonyl (C=O) groups is 3. The van der Waals surface area contributed by atoms with Gasteiger partial charge in [-0.25, -0.2) is 4.79 Å². The van der Waals surface area contributed by atoms with Crippen molar-refractivity contribution >= 4 is 33.8 Å². The minimum Gasteiger partial charge on any atom is -0.452 e. The topological polar surface area (TPSA) is 98.5 Å². The van der Waals surface area contributed by atoms with Crippen LogP contribution in [0.2, 0.25) is 0 Å². The molecule has 5 atom stereocenters. The van der Waals surface area contributed by atoms with Crippen LogP contribution in [0.25, 0.3) is 0 Å². The van der Waals surface area contributed by atoms with Crippen molar-refractivity contribution in [1.29, 1.82) is 0 Å². The molecule has 3 amide bonds. The summed E-state index contributed by atoms with van der Waals surface area (Å²) in [6.07, 6.45) is 4.89. The van der Waals surface area contributed by atoms with E-state index in [4.69, 9.17) is 10.5 Å². The zero-order valence-corrected chi connectivity index (χ0v) is 14.1. The van der Waals surface area contributed by atoms with E-state index in [2.05, 4.69) is 15.9 Å². The molecule has 0 aliphatic heterocycles. The molecular formula is C15H21BrN2O4. The third-order valence-electron chi connectivity index (χ3n) is 5.32. The Kier molecular flexibility index (Phi) is 3.74. The first-order valence-corrected chi connectivity index (χ1v) is 8.51. The van der Waals surface area contributed by atoms with Crippen LogP contribution in [0.4, 0.5) is 4.79 Å². The van der Waals surface area contributed by atoms with Crippen LogP contribution in [0.15, 0.2) is 0 Å². The molecule has 4 fully saturated rings. The summed E-state index contributed by atoms with van der Waals surface area (Å²) in [6.45, 7) is 1.46. The van der Waals surface area contributed by atoms with Crippen LogP contribution in [-0.4, -0.2) is 28.3 Å². The van der Waals surface area contributed by atoms with Crippen molar-refractivity contribution in [3.8, 4) is 0 Å². The molecule has 22 heavy (non-hydrogen) atoms. The lowest BCUT2D eigenvalue weighted by Gasteiger charge is -2.58. The summed E-state index contributed by atoms with van der Waals surface area (Å²) < 4.78 is 5.41. The van der Waals surface area contributed by atoms with E-state index in [-0.39, 0.29) is 10.3 Å². The zero-order chi connectivity index (χ0) is 16.1. The minimum atomic E-state index is -1.01. The lowest BCUT2D eigenvalue weighted by molar-refractivity contribution is -0.176. The van der Waals surface area contributed by atoms with Gasteiger partial charge in [-0.15, -0.1) is 0 Å². The summed E-state index contributed by atoms with van der Waals surface area (Å²) in [5.41, 5.74) is 4.43. The lowest BCUT2D eigenvalue weighted by Crippen LogP contribution is -2.57. The Morgan fingerprint density at radius 2 is 1.82 bits per heavy atom. The molecule has 0 heterocycles. The molecule has 7 heteroatoms. The molecule has 2 unspecified atom stereocenters. The first-order valence-electron chi connectivity index (χ1n) is 7.72. The average molecular weight is 373 g/mol. The Balaban J connectivity index is 1.70. The fraction of sp³-hybridized carbons (Fsp3) is 0.800. The molecule has 4 saturated carbocycles. The number of alkyl halides is 1. The summed E-state index contributed by atoms with van der Waals surface area (Å²) in [4.78, 5) is 35.1. The fourth-order valence-corrected chi connectivity index (χ4v) is 6.40. The third-order valence-corrected chi connectivity index (χ3v) is 6.25. The van der Waals surface area contributed by atoms with E-state index in [0.717, 1.165) is 32.1 Å². The first-order chi connectivity index (χ1) is 10.2. The van der Waals surface area contributed by atoms with Crippen molar-refractivity contribution in [3.05, 3.63) is 0 Å². The Bertz CT molecular complexity index is 522. The summed E-state index contributed by atoms with van der Waals surface area (Å²) in [7, 11) is 0. The van der Waals surface area contributed by atoms with E-state index >= 15 is 0 Å². The van der Waals surface area contributed by atoms with E-state index in [0.29, 0.717) is 11.8 Å². The maximum Gasteiger partial charge on any atom is 0.318 e. The van der Waals surface area contributed by atoms with Crippen LogP contribution < -0.4 is 11.1 Å². The number of nitrogens with one attached hydrogen (secondary N) is 1. The second-order valence-corrected chi connectivity index (χ2v) is 8.98. The fourth-order valence-electron chi connectivity index (χ4n) is 4.95. The van der Waals surface area contributed by atoms with Crippen LogP contribution in [0.5, 0.6) is 0 Å². The maximum absolute atomic E-state index is 12.7. The summed E-state index contributed by atoms with van der Waals surface area (Å²) >= 11 is 3.84. The number of rotatable bonds is 3. The predicted octanol–water partition coefficient (Wildman–Crippen LogP) is 1.85. The molecule has 0 spiro atoms. The number of halogens is 1. The number of hydrogen-bond donors (Lipinski definition) is 2. The number of nitrogens with two attached hydrogens (primary N) is 1. The van der Waals surface area contributed by atoms with Gasteiger partial charge in [-0.3, -0.25) is 14.9 Å².